The Balaban J connectivity index is 2.01. The molecule has 0 aliphatic rings. The molecule has 3 N–H and O–H groups in total. The molecule has 0 unspecified atom stereocenters. The lowest BCUT2D eigenvalue weighted by atomic mass is 10.1. The van der Waals surface area contributed by atoms with Crippen LogP contribution in [-0.4, -0.2) is 5.84 Å². The van der Waals surface area contributed by atoms with Crippen molar-refractivity contribution < 1.29 is 9.13 Å². The van der Waals surface area contributed by atoms with Crippen molar-refractivity contribution in [3.05, 3.63) is 63.9 Å². The molecule has 0 heterocycles. The number of nitrogens with two attached hydrogens (primary N) is 1. The zero-order chi connectivity index (χ0) is 13.8. The van der Waals surface area contributed by atoms with Gasteiger partial charge in [-0.15, -0.1) is 0 Å². The van der Waals surface area contributed by atoms with Crippen LogP contribution in [0.5, 0.6) is 5.75 Å². The van der Waals surface area contributed by atoms with E-state index in [0.29, 0.717) is 22.4 Å². The third-order valence-corrected chi connectivity index (χ3v) is 3.20. The smallest absolute Gasteiger partial charge is 0.141 e. The van der Waals surface area contributed by atoms with Gasteiger partial charge in [-0.05, 0) is 33.6 Å². The molecule has 2 aromatic rings. The summed E-state index contributed by atoms with van der Waals surface area (Å²) >= 11 is 3.08. The first-order valence-electron chi connectivity index (χ1n) is 5.57. The lowest BCUT2D eigenvalue weighted by molar-refractivity contribution is 0.304. The summed E-state index contributed by atoms with van der Waals surface area (Å²) in [5, 5.41) is 7.29. The second-order valence-corrected chi connectivity index (χ2v) is 4.83. The van der Waals surface area contributed by atoms with Crippen LogP contribution < -0.4 is 10.5 Å². The molecule has 0 atom stereocenters. The van der Waals surface area contributed by atoms with Gasteiger partial charge in [0.2, 0.25) is 0 Å². The molecule has 0 aromatic heterocycles. The Morgan fingerprint density at radius 3 is 2.47 bits per heavy atom. The van der Waals surface area contributed by atoms with Crippen LogP contribution >= 0.6 is 15.9 Å². The van der Waals surface area contributed by atoms with E-state index in [1.54, 1.807) is 24.3 Å². The molecule has 0 bridgehead atoms. The third kappa shape index (κ3) is 3.54. The summed E-state index contributed by atoms with van der Waals surface area (Å²) in [7, 11) is 0. The largest absolute Gasteiger partial charge is 0.489 e. The van der Waals surface area contributed by atoms with Gasteiger partial charge >= 0.3 is 0 Å². The Hall–Kier alpha value is -1.88. The summed E-state index contributed by atoms with van der Waals surface area (Å²) in [6.45, 7) is 0.333. The first kappa shape index (κ1) is 13.5. The number of rotatable bonds is 4. The zero-order valence-electron chi connectivity index (χ0n) is 9.99. The van der Waals surface area contributed by atoms with Crippen LogP contribution in [0.1, 0.15) is 11.1 Å². The lowest BCUT2D eigenvalue weighted by Crippen LogP contribution is -2.10. The van der Waals surface area contributed by atoms with Crippen molar-refractivity contribution in [3.63, 3.8) is 0 Å². The fraction of sp³-hybridized carbons (Fsp3) is 0.0714. The molecule has 0 spiro atoms. The second-order valence-electron chi connectivity index (χ2n) is 3.98. The molecule has 0 saturated heterocycles. The van der Waals surface area contributed by atoms with Crippen LogP contribution in [-0.2, 0) is 6.61 Å². The molecular weight excluding hydrogens is 311 g/mol. The number of hydrogen-bond donors (Lipinski definition) is 2. The van der Waals surface area contributed by atoms with E-state index in [1.807, 2.05) is 12.1 Å². The Morgan fingerprint density at radius 1 is 1.21 bits per heavy atom. The monoisotopic (exact) mass is 322 g/mol. The maximum atomic E-state index is 13.3. The van der Waals surface area contributed by atoms with E-state index in [9.17, 15) is 4.39 Å². The highest BCUT2D eigenvalue weighted by atomic mass is 79.9. The second kappa shape index (κ2) is 5.84. The number of ether oxygens (including phenoxy) is 1. The quantitative estimate of drug-likeness (QED) is 0.669. The molecular formula is C14H12BrFN2O. The van der Waals surface area contributed by atoms with Gasteiger partial charge in [-0.3, -0.25) is 5.41 Å². The minimum Gasteiger partial charge on any atom is -0.489 e. The van der Waals surface area contributed by atoms with Gasteiger partial charge in [0.05, 0.1) is 4.47 Å². The average Bonchev–Trinajstić information content (AvgIpc) is 2.40. The summed E-state index contributed by atoms with van der Waals surface area (Å²) in [4.78, 5) is 0. The third-order valence-electron chi connectivity index (χ3n) is 2.56. The SMILES string of the molecule is N=C(N)c1ccc(COc2ccc(Br)c(F)c2)cc1. The molecule has 2 aromatic carbocycles. The Kier molecular flexibility index (Phi) is 4.16. The Morgan fingerprint density at radius 2 is 1.89 bits per heavy atom. The van der Waals surface area contributed by atoms with Gasteiger partial charge < -0.3 is 10.5 Å². The van der Waals surface area contributed by atoms with Gasteiger partial charge in [0.25, 0.3) is 0 Å². The van der Waals surface area contributed by atoms with Crippen molar-refractivity contribution in [1.82, 2.24) is 0 Å². The molecule has 0 radical (unpaired) electrons. The zero-order valence-corrected chi connectivity index (χ0v) is 11.6. The van der Waals surface area contributed by atoms with Crippen molar-refractivity contribution in [3.8, 4) is 5.75 Å². The van der Waals surface area contributed by atoms with Gasteiger partial charge in [0.15, 0.2) is 0 Å². The van der Waals surface area contributed by atoms with E-state index in [4.69, 9.17) is 15.9 Å². The molecule has 98 valence electrons. The van der Waals surface area contributed by atoms with Crippen LogP contribution in [0, 0.1) is 11.2 Å². The average molecular weight is 323 g/mol. The van der Waals surface area contributed by atoms with Crippen molar-refractivity contribution in [2.75, 3.05) is 0 Å². The first-order chi connectivity index (χ1) is 9.06. The normalized spacial score (nSPS) is 10.2. The number of amidine groups is 1. The number of nitrogens with one attached hydrogen (secondary N) is 1. The molecule has 0 aliphatic carbocycles. The van der Waals surface area contributed by atoms with Crippen LogP contribution in [0.4, 0.5) is 4.39 Å². The number of benzene rings is 2. The minimum absolute atomic E-state index is 0.0300. The van der Waals surface area contributed by atoms with E-state index in [2.05, 4.69) is 15.9 Å². The van der Waals surface area contributed by atoms with Gasteiger partial charge in [0.1, 0.15) is 24.0 Å². The topological polar surface area (TPSA) is 59.1 Å². The highest BCUT2D eigenvalue weighted by molar-refractivity contribution is 9.10. The summed E-state index contributed by atoms with van der Waals surface area (Å²) in [5.74, 6) is 0.142. The molecule has 0 fully saturated rings. The number of halogens is 2. The van der Waals surface area contributed by atoms with E-state index < -0.39 is 0 Å². The molecule has 0 aliphatic heterocycles. The fourth-order valence-corrected chi connectivity index (χ4v) is 1.76. The summed E-state index contributed by atoms with van der Waals surface area (Å²) in [6, 6.07) is 11.8. The number of hydrogen-bond acceptors (Lipinski definition) is 2. The maximum absolute atomic E-state index is 13.3. The van der Waals surface area contributed by atoms with Crippen LogP contribution in [0.3, 0.4) is 0 Å². The highest BCUT2D eigenvalue weighted by Crippen LogP contribution is 2.21. The van der Waals surface area contributed by atoms with E-state index in [1.165, 1.54) is 6.07 Å². The molecule has 0 saturated carbocycles. The summed E-state index contributed by atoms with van der Waals surface area (Å²) in [5.41, 5.74) is 6.96. The van der Waals surface area contributed by atoms with Crippen LogP contribution in [0.2, 0.25) is 0 Å². The standard InChI is InChI=1S/C14H12BrFN2O/c15-12-6-5-11(7-13(12)16)19-8-9-1-3-10(4-2-9)14(17)18/h1-7H,8H2,(H3,17,18). The van der Waals surface area contributed by atoms with Gasteiger partial charge in [-0.1, -0.05) is 24.3 Å². The lowest BCUT2D eigenvalue weighted by Gasteiger charge is -2.07. The van der Waals surface area contributed by atoms with Crippen molar-refractivity contribution in [2.24, 2.45) is 5.73 Å². The summed E-state index contributed by atoms with van der Waals surface area (Å²) < 4.78 is 19.2. The Labute approximate surface area is 118 Å². The van der Waals surface area contributed by atoms with E-state index >= 15 is 0 Å². The van der Waals surface area contributed by atoms with Gasteiger partial charge in [0, 0.05) is 11.6 Å². The molecule has 3 nitrogen and oxygen atoms in total. The summed E-state index contributed by atoms with van der Waals surface area (Å²) in [6.07, 6.45) is 0. The van der Waals surface area contributed by atoms with Crippen LogP contribution in [0.15, 0.2) is 46.9 Å². The van der Waals surface area contributed by atoms with Gasteiger partial charge in [-0.2, -0.15) is 0 Å². The van der Waals surface area contributed by atoms with E-state index in [0.717, 1.165) is 5.56 Å². The highest BCUT2D eigenvalue weighted by Gasteiger charge is 2.02. The maximum Gasteiger partial charge on any atom is 0.141 e. The Bertz CT molecular complexity index is 599. The molecule has 2 rings (SSSR count). The first-order valence-corrected chi connectivity index (χ1v) is 6.37. The predicted octanol–water partition coefficient (Wildman–Crippen LogP) is 3.45. The van der Waals surface area contributed by atoms with Crippen molar-refractivity contribution >= 4 is 21.8 Å². The molecule has 5 heteroatoms. The van der Waals surface area contributed by atoms with Crippen molar-refractivity contribution in [2.45, 2.75) is 6.61 Å². The fourth-order valence-electron chi connectivity index (χ4n) is 1.51. The van der Waals surface area contributed by atoms with Crippen LogP contribution in [0.25, 0.3) is 0 Å². The van der Waals surface area contributed by atoms with E-state index in [-0.39, 0.29) is 11.7 Å². The molecule has 0 amide bonds. The van der Waals surface area contributed by atoms with Crippen molar-refractivity contribution in [1.29, 1.82) is 5.41 Å². The predicted molar refractivity (Wildman–Crippen MR) is 75.9 cm³/mol. The molecule has 19 heavy (non-hydrogen) atoms. The minimum atomic E-state index is -0.357. The van der Waals surface area contributed by atoms with Gasteiger partial charge in [-0.25, -0.2) is 4.39 Å². The number of nitrogen functional groups attached to an aromatic ring is 1.